The van der Waals surface area contributed by atoms with Crippen LogP contribution in [-0.4, -0.2) is 9.91 Å². The lowest BCUT2D eigenvalue weighted by Crippen LogP contribution is -2.08. The van der Waals surface area contributed by atoms with Gasteiger partial charge in [-0.15, -0.1) is 0 Å². The molecule has 0 bridgehead atoms. The number of nitrogens with one attached hydrogen (secondary N) is 2. The molecule has 6 nitrogen and oxygen atoms in total. The highest BCUT2D eigenvalue weighted by atomic mass is 16.6. The van der Waals surface area contributed by atoms with E-state index in [2.05, 4.69) is 15.8 Å². The molecule has 0 fully saturated rings. The monoisotopic (exact) mass is 230 g/mol. The SMILES string of the molecule is O=[N+]([O-])c1ccc(NNc2cccnc2)cc1. The van der Waals surface area contributed by atoms with Gasteiger partial charge in [-0.1, -0.05) is 0 Å². The molecule has 2 rings (SSSR count). The summed E-state index contributed by atoms with van der Waals surface area (Å²) in [4.78, 5) is 14.0. The maximum absolute atomic E-state index is 10.5. The summed E-state index contributed by atoms with van der Waals surface area (Å²) >= 11 is 0. The number of hydrogen-bond donors (Lipinski definition) is 2. The van der Waals surface area contributed by atoms with Crippen molar-refractivity contribution < 1.29 is 4.92 Å². The molecule has 86 valence electrons. The molecule has 0 amide bonds. The van der Waals surface area contributed by atoms with Gasteiger partial charge in [0.15, 0.2) is 0 Å². The average Bonchev–Trinajstić information content (AvgIpc) is 2.38. The Kier molecular flexibility index (Phi) is 3.15. The molecule has 0 saturated carbocycles. The summed E-state index contributed by atoms with van der Waals surface area (Å²) in [6.45, 7) is 0. The highest BCUT2D eigenvalue weighted by Gasteiger charge is 2.03. The Morgan fingerprint density at radius 1 is 1.06 bits per heavy atom. The number of anilines is 2. The molecule has 0 aliphatic carbocycles. The highest BCUT2D eigenvalue weighted by molar-refractivity contribution is 5.53. The molecule has 0 spiro atoms. The Morgan fingerprint density at radius 3 is 2.35 bits per heavy atom. The van der Waals surface area contributed by atoms with Crippen LogP contribution in [0.4, 0.5) is 17.1 Å². The molecule has 1 heterocycles. The first-order chi connectivity index (χ1) is 8.25. The van der Waals surface area contributed by atoms with E-state index in [4.69, 9.17) is 0 Å². The molecule has 17 heavy (non-hydrogen) atoms. The maximum Gasteiger partial charge on any atom is 0.269 e. The van der Waals surface area contributed by atoms with Gasteiger partial charge in [-0.3, -0.25) is 20.5 Å². The molecule has 0 unspecified atom stereocenters. The number of nitrogens with zero attached hydrogens (tertiary/aromatic N) is 2. The molecule has 0 atom stereocenters. The molecule has 6 heteroatoms. The predicted molar refractivity (Wildman–Crippen MR) is 64.6 cm³/mol. The van der Waals surface area contributed by atoms with Crippen molar-refractivity contribution in [2.45, 2.75) is 0 Å². The third-order valence-electron chi connectivity index (χ3n) is 2.09. The van der Waals surface area contributed by atoms with Crippen molar-refractivity contribution in [1.29, 1.82) is 0 Å². The van der Waals surface area contributed by atoms with Crippen LogP contribution >= 0.6 is 0 Å². The van der Waals surface area contributed by atoms with Crippen LogP contribution in [-0.2, 0) is 0 Å². The van der Waals surface area contributed by atoms with Crippen LogP contribution in [0.15, 0.2) is 48.8 Å². The van der Waals surface area contributed by atoms with Gasteiger partial charge in [0.1, 0.15) is 0 Å². The third kappa shape index (κ3) is 2.91. The second-order valence-corrected chi connectivity index (χ2v) is 3.30. The molecule has 0 radical (unpaired) electrons. The average molecular weight is 230 g/mol. The molecule has 2 aromatic rings. The number of aromatic nitrogens is 1. The molecular formula is C11H10N4O2. The Labute approximate surface area is 97.4 Å². The van der Waals surface area contributed by atoms with E-state index in [9.17, 15) is 10.1 Å². The van der Waals surface area contributed by atoms with Gasteiger partial charge in [-0.05, 0) is 24.3 Å². The molecule has 0 saturated heterocycles. The maximum atomic E-state index is 10.5. The highest BCUT2D eigenvalue weighted by Crippen LogP contribution is 2.15. The Bertz CT molecular complexity index is 499. The second-order valence-electron chi connectivity index (χ2n) is 3.30. The summed E-state index contributed by atoms with van der Waals surface area (Å²) in [6, 6.07) is 9.79. The van der Waals surface area contributed by atoms with E-state index in [1.165, 1.54) is 12.1 Å². The first kappa shape index (κ1) is 10.9. The van der Waals surface area contributed by atoms with Crippen LogP contribution in [0, 0.1) is 10.1 Å². The van der Waals surface area contributed by atoms with Gasteiger partial charge in [0.2, 0.25) is 0 Å². The zero-order valence-corrected chi connectivity index (χ0v) is 8.83. The Hall–Kier alpha value is -2.63. The third-order valence-corrected chi connectivity index (χ3v) is 2.09. The fourth-order valence-electron chi connectivity index (χ4n) is 1.25. The van der Waals surface area contributed by atoms with Gasteiger partial charge in [0, 0.05) is 18.3 Å². The first-order valence-electron chi connectivity index (χ1n) is 4.92. The molecule has 1 aromatic heterocycles. The summed E-state index contributed by atoms with van der Waals surface area (Å²) in [7, 11) is 0. The van der Waals surface area contributed by atoms with Crippen LogP contribution in [0.2, 0.25) is 0 Å². The topological polar surface area (TPSA) is 80.1 Å². The standard InChI is InChI=1S/C11H10N4O2/c16-15(17)11-5-3-9(4-6-11)13-14-10-2-1-7-12-8-10/h1-8,13-14H. The van der Waals surface area contributed by atoms with E-state index in [0.29, 0.717) is 0 Å². The zero-order chi connectivity index (χ0) is 12.1. The van der Waals surface area contributed by atoms with Gasteiger partial charge < -0.3 is 5.43 Å². The van der Waals surface area contributed by atoms with Gasteiger partial charge >= 0.3 is 0 Å². The summed E-state index contributed by atoms with van der Waals surface area (Å²) < 4.78 is 0. The molecule has 2 N–H and O–H groups in total. The van der Waals surface area contributed by atoms with Crippen LogP contribution in [0.5, 0.6) is 0 Å². The van der Waals surface area contributed by atoms with Crippen molar-refractivity contribution >= 4 is 17.1 Å². The number of non-ortho nitro benzene ring substituents is 1. The number of nitro benzene ring substituents is 1. The van der Waals surface area contributed by atoms with Crippen molar-refractivity contribution in [2.24, 2.45) is 0 Å². The van der Waals surface area contributed by atoms with Gasteiger partial charge in [-0.2, -0.15) is 0 Å². The fourth-order valence-corrected chi connectivity index (χ4v) is 1.25. The number of benzene rings is 1. The zero-order valence-electron chi connectivity index (χ0n) is 8.83. The summed E-state index contributed by atoms with van der Waals surface area (Å²) in [5.41, 5.74) is 7.45. The normalized spacial score (nSPS) is 9.65. The minimum Gasteiger partial charge on any atom is -0.301 e. The fraction of sp³-hybridized carbons (Fsp3) is 0. The number of hydrazine groups is 1. The van der Waals surface area contributed by atoms with Gasteiger partial charge in [0.05, 0.1) is 22.5 Å². The quantitative estimate of drug-likeness (QED) is 0.622. The van der Waals surface area contributed by atoms with E-state index >= 15 is 0 Å². The molecule has 0 aliphatic rings. The Balaban J connectivity index is 1.98. The van der Waals surface area contributed by atoms with Gasteiger partial charge in [-0.25, -0.2) is 0 Å². The van der Waals surface area contributed by atoms with E-state index in [1.807, 2.05) is 6.07 Å². The minimum absolute atomic E-state index is 0.0666. The molecule has 0 aliphatic heterocycles. The van der Waals surface area contributed by atoms with Crippen LogP contribution in [0.3, 0.4) is 0 Å². The number of nitro groups is 1. The second kappa shape index (κ2) is 4.93. The van der Waals surface area contributed by atoms with Crippen LogP contribution < -0.4 is 10.9 Å². The predicted octanol–water partition coefficient (Wildman–Crippen LogP) is 2.43. The number of hydrogen-bond acceptors (Lipinski definition) is 5. The van der Waals surface area contributed by atoms with E-state index in [-0.39, 0.29) is 5.69 Å². The van der Waals surface area contributed by atoms with E-state index in [0.717, 1.165) is 11.4 Å². The lowest BCUT2D eigenvalue weighted by Gasteiger charge is -2.08. The van der Waals surface area contributed by atoms with Crippen molar-refractivity contribution in [3.05, 3.63) is 58.9 Å². The van der Waals surface area contributed by atoms with Gasteiger partial charge in [0.25, 0.3) is 5.69 Å². The van der Waals surface area contributed by atoms with Crippen molar-refractivity contribution in [3.63, 3.8) is 0 Å². The smallest absolute Gasteiger partial charge is 0.269 e. The number of pyridine rings is 1. The molecule has 1 aromatic carbocycles. The lowest BCUT2D eigenvalue weighted by atomic mass is 10.3. The Morgan fingerprint density at radius 2 is 1.76 bits per heavy atom. The largest absolute Gasteiger partial charge is 0.301 e. The minimum atomic E-state index is -0.432. The summed E-state index contributed by atoms with van der Waals surface area (Å²) in [5, 5.41) is 10.5. The van der Waals surface area contributed by atoms with E-state index < -0.39 is 4.92 Å². The summed E-state index contributed by atoms with van der Waals surface area (Å²) in [6.07, 6.45) is 3.34. The molecular weight excluding hydrogens is 220 g/mol. The first-order valence-corrected chi connectivity index (χ1v) is 4.92. The summed E-state index contributed by atoms with van der Waals surface area (Å²) in [5.74, 6) is 0. The van der Waals surface area contributed by atoms with E-state index in [1.54, 1.807) is 30.6 Å². The van der Waals surface area contributed by atoms with Crippen molar-refractivity contribution in [2.75, 3.05) is 10.9 Å². The van der Waals surface area contributed by atoms with Crippen LogP contribution in [0.1, 0.15) is 0 Å². The lowest BCUT2D eigenvalue weighted by molar-refractivity contribution is -0.384. The van der Waals surface area contributed by atoms with Crippen LogP contribution in [0.25, 0.3) is 0 Å². The number of rotatable bonds is 4. The van der Waals surface area contributed by atoms with Crippen molar-refractivity contribution in [3.8, 4) is 0 Å². The van der Waals surface area contributed by atoms with Crippen molar-refractivity contribution in [1.82, 2.24) is 4.98 Å².